The maximum Gasteiger partial charge on any atom is 0.279 e. The van der Waals surface area contributed by atoms with Crippen molar-refractivity contribution in [2.45, 2.75) is 32.4 Å². The van der Waals surface area contributed by atoms with Gasteiger partial charge in [-0.1, -0.05) is 32.5 Å². The topological polar surface area (TPSA) is 29.1 Å². The molecule has 10 heavy (non-hydrogen) atoms. The van der Waals surface area contributed by atoms with Crippen LogP contribution in [0.15, 0.2) is 0 Å². The number of amides is 1. The van der Waals surface area contributed by atoms with Crippen LogP contribution in [0.2, 0.25) is 0 Å². The van der Waals surface area contributed by atoms with Crippen LogP contribution >= 0.6 is 11.8 Å². The van der Waals surface area contributed by atoms with Crippen LogP contribution in [0.3, 0.4) is 0 Å². The highest BCUT2D eigenvalue weighted by Gasteiger charge is 2.02. The molecule has 0 aliphatic rings. The highest BCUT2D eigenvalue weighted by molar-refractivity contribution is 8.14. The molecule has 1 amide bonds. The van der Waals surface area contributed by atoms with Gasteiger partial charge in [0.25, 0.3) is 5.24 Å². The number of hydrogen-bond donors (Lipinski definition) is 1. The fourth-order valence-electron chi connectivity index (χ4n) is 0.483. The minimum Gasteiger partial charge on any atom is -0.347 e. The molecule has 1 N–H and O–H groups in total. The van der Waals surface area contributed by atoms with E-state index in [1.54, 1.807) is 0 Å². The van der Waals surface area contributed by atoms with Crippen LogP contribution < -0.4 is 5.32 Å². The molecule has 0 saturated carbocycles. The molecule has 0 fully saturated rings. The van der Waals surface area contributed by atoms with Crippen LogP contribution in [0, 0.1) is 0 Å². The zero-order valence-electron chi connectivity index (χ0n) is 6.81. The molecule has 0 aromatic heterocycles. The first-order chi connectivity index (χ1) is 4.66. The Labute approximate surface area is 66.8 Å². The molecule has 0 rings (SSSR count). The molecular formula is C7H15NOS. The fourth-order valence-corrected chi connectivity index (χ4v) is 1.10. The summed E-state index contributed by atoms with van der Waals surface area (Å²) in [4.78, 5) is 10.9. The van der Waals surface area contributed by atoms with E-state index in [9.17, 15) is 4.79 Å². The third-order valence-corrected chi connectivity index (χ3v) is 1.69. The summed E-state index contributed by atoms with van der Waals surface area (Å²) in [5.41, 5.74) is 0. The Morgan fingerprint density at radius 1 is 1.60 bits per heavy atom. The second-order valence-corrected chi connectivity index (χ2v) is 3.93. The van der Waals surface area contributed by atoms with Crippen LogP contribution in [-0.4, -0.2) is 17.0 Å². The molecule has 0 aromatic carbocycles. The Morgan fingerprint density at radius 2 is 2.20 bits per heavy atom. The van der Waals surface area contributed by atoms with Gasteiger partial charge in [-0.05, 0) is 6.42 Å². The first-order valence-corrected chi connectivity index (χ1v) is 4.49. The van der Waals surface area contributed by atoms with E-state index in [-0.39, 0.29) is 5.24 Å². The predicted molar refractivity (Wildman–Crippen MR) is 46.4 cm³/mol. The maximum absolute atomic E-state index is 10.9. The maximum atomic E-state index is 10.9. The van der Waals surface area contributed by atoms with E-state index < -0.39 is 0 Å². The average Bonchev–Trinajstić information content (AvgIpc) is 1.82. The Balaban J connectivity index is 3.26. The number of carbonyl (C=O) groups excluding carboxylic acids is 1. The van der Waals surface area contributed by atoms with Gasteiger partial charge in [-0.15, -0.1) is 0 Å². The molecule has 0 bridgehead atoms. The molecule has 0 heterocycles. The molecule has 0 aliphatic carbocycles. The fraction of sp³-hybridized carbons (Fsp3) is 0.857. The normalized spacial score (nSPS) is 10.0. The van der Waals surface area contributed by atoms with E-state index in [0.29, 0.717) is 5.25 Å². The molecule has 0 radical (unpaired) electrons. The minimum atomic E-state index is 0.0943. The number of rotatable bonds is 3. The Hall–Kier alpha value is -0.180. The van der Waals surface area contributed by atoms with Crippen molar-refractivity contribution < 1.29 is 4.79 Å². The van der Waals surface area contributed by atoms with Gasteiger partial charge in [0.05, 0.1) is 0 Å². The second kappa shape index (κ2) is 5.59. The molecule has 0 aliphatic heterocycles. The Kier molecular flexibility index (Phi) is 5.49. The van der Waals surface area contributed by atoms with Crippen molar-refractivity contribution in [3.8, 4) is 0 Å². The van der Waals surface area contributed by atoms with E-state index >= 15 is 0 Å². The van der Waals surface area contributed by atoms with Gasteiger partial charge < -0.3 is 5.32 Å². The zero-order chi connectivity index (χ0) is 7.98. The molecule has 60 valence electrons. The first kappa shape index (κ1) is 9.82. The lowest BCUT2D eigenvalue weighted by molar-refractivity contribution is 0.260. The molecule has 0 spiro atoms. The minimum absolute atomic E-state index is 0.0943. The highest BCUT2D eigenvalue weighted by Crippen LogP contribution is 2.08. The second-order valence-electron chi connectivity index (χ2n) is 2.38. The predicted octanol–water partition coefficient (Wildman–Crippen LogP) is 2.25. The quantitative estimate of drug-likeness (QED) is 0.688. The van der Waals surface area contributed by atoms with Gasteiger partial charge >= 0.3 is 0 Å². The lowest BCUT2D eigenvalue weighted by atomic mass is 10.5. The molecule has 0 atom stereocenters. The monoisotopic (exact) mass is 161 g/mol. The molecule has 3 heteroatoms. The van der Waals surface area contributed by atoms with Gasteiger partial charge in [0.1, 0.15) is 0 Å². The van der Waals surface area contributed by atoms with Crippen molar-refractivity contribution in [1.82, 2.24) is 5.32 Å². The molecule has 0 saturated heterocycles. The van der Waals surface area contributed by atoms with E-state index in [0.717, 1.165) is 13.0 Å². The summed E-state index contributed by atoms with van der Waals surface area (Å²) in [7, 11) is 0. The SMILES string of the molecule is CCCNC(=O)SC(C)C. The van der Waals surface area contributed by atoms with Crippen molar-refractivity contribution in [2.75, 3.05) is 6.54 Å². The molecule has 0 aromatic rings. The summed E-state index contributed by atoms with van der Waals surface area (Å²) in [6.45, 7) is 6.85. The van der Waals surface area contributed by atoms with Crippen molar-refractivity contribution in [3.05, 3.63) is 0 Å². The number of carbonyl (C=O) groups is 1. The van der Waals surface area contributed by atoms with E-state index in [1.807, 2.05) is 20.8 Å². The third kappa shape index (κ3) is 5.95. The van der Waals surface area contributed by atoms with Crippen molar-refractivity contribution in [1.29, 1.82) is 0 Å². The van der Waals surface area contributed by atoms with Crippen LogP contribution in [0.25, 0.3) is 0 Å². The van der Waals surface area contributed by atoms with Gasteiger partial charge in [0, 0.05) is 11.8 Å². The van der Waals surface area contributed by atoms with Crippen molar-refractivity contribution >= 4 is 17.0 Å². The van der Waals surface area contributed by atoms with Gasteiger partial charge in [0.2, 0.25) is 0 Å². The van der Waals surface area contributed by atoms with Crippen LogP contribution in [0.4, 0.5) is 4.79 Å². The molecule has 0 unspecified atom stereocenters. The average molecular weight is 161 g/mol. The Morgan fingerprint density at radius 3 is 2.60 bits per heavy atom. The van der Waals surface area contributed by atoms with Crippen LogP contribution in [0.1, 0.15) is 27.2 Å². The van der Waals surface area contributed by atoms with Crippen molar-refractivity contribution in [3.63, 3.8) is 0 Å². The van der Waals surface area contributed by atoms with Gasteiger partial charge in [0.15, 0.2) is 0 Å². The number of nitrogens with one attached hydrogen (secondary N) is 1. The summed E-state index contributed by atoms with van der Waals surface area (Å²) in [6.07, 6.45) is 1.00. The van der Waals surface area contributed by atoms with Gasteiger partial charge in [-0.3, -0.25) is 4.79 Å². The molecular weight excluding hydrogens is 146 g/mol. The van der Waals surface area contributed by atoms with E-state index in [1.165, 1.54) is 11.8 Å². The van der Waals surface area contributed by atoms with Crippen LogP contribution in [-0.2, 0) is 0 Å². The lowest BCUT2D eigenvalue weighted by Crippen LogP contribution is -2.20. The van der Waals surface area contributed by atoms with E-state index in [4.69, 9.17) is 0 Å². The summed E-state index contributed by atoms with van der Waals surface area (Å²) in [5.74, 6) is 0. The first-order valence-electron chi connectivity index (χ1n) is 3.61. The lowest BCUT2D eigenvalue weighted by Gasteiger charge is -2.03. The standard InChI is InChI=1S/C7H15NOS/c1-4-5-8-7(9)10-6(2)3/h6H,4-5H2,1-3H3,(H,8,9). The highest BCUT2D eigenvalue weighted by atomic mass is 32.2. The van der Waals surface area contributed by atoms with Crippen LogP contribution in [0.5, 0.6) is 0 Å². The Bertz CT molecular complexity index is 104. The number of thioether (sulfide) groups is 1. The summed E-state index contributed by atoms with van der Waals surface area (Å²) >= 11 is 1.34. The zero-order valence-corrected chi connectivity index (χ0v) is 7.62. The van der Waals surface area contributed by atoms with Crippen molar-refractivity contribution in [2.24, 2.45) is 0 Å². The smallest absolute Gasteiger partial charge is 0.279 e. The van der Waals surface area contributed by atoms with E-state index in [2.05, 4.69) is 5.32 Å². The van der Waals surface area contributed by atoms with Gasteiger partial charge in [-0.2, -0.15) is 0 Å². The summed E-state index contributed by atoms with van der Waals surface area (Å²) < 4.78 is 0. The third-order valence-electron chi connectivity index (χ3n) is 0.862. The summed E-state index contributed by atoms with van der Waals surface area (Å²) in [6, 6.07) is 0. The molecule has 2 nitrogen and oxygen atoms in total. The number of hydrogen-bond acceptors (Lipinski definition) is 2. The van der Waals surface area contributed by atoms with Gasteiger partial charge in [-0.25, -0.2) is 0 Å². The summed E-state index contributed by atoms with van der Waals surface area (Å²) in [5, 5.41) is 3.27. The largest absolute Gasteiger partial charge is 0.347 e.